The van der Waals surface area contributed by atoms with E-state index < -0.39 is 0 Å². The molecule has 0 fully saturated rings. The Bertz CT molecular complexity index is 286. The lowest BCUT2D eigenvalue weighted by molar-refractivity contribution is -0.127. The molecule has 1 atom stereocenters. The molecule has 0 aromatic heterocycles. The van der Waals surface area contributed by atoms with Crippen LogP contribution in [-0.4, -0.2) is 23.9 Å². The molecule has 0 bridgehead atoms. The van der Waals surface area contributed by atoms with E-state index in [1.807, 2.05) is 27.7 Å². The molecule has 4 nitrogen and oxygen atoms in total. The van der Waals surface area contributed by atoms with Crippen molar-refractivity contribution in [2.24, 2.45) is 11.8 Å². The minimum atomic E-state index is -0.0692. The van der Waals surface area contributed by atoms with Crippen molar-refractivity contribution in [2.45, 2.75) is 72.9 Å². The molecule has 0 aliphatic rings. The maximum absolute atomic E-state index is 12.1. The van der Waals surface area contributed by atoms with Gasteiger partial charge in [-0.25, -0.2) is 0 Å². The van der Waals surface area contributed by atoms with Crippen LogP contribution >= 0.6 is 0 Å². The van der Waals surface area contributed by atoms with Gasteiger partial charge in [0.1, 0.15) is 0 Å². The van der Waals surface area contributed by atoms with E-state index in [0.29, 0.717) is 18.8 Å². The maximum Gasteiger partial charge on any atom is 0.223 e. The third kappa shape index (κ3) is 9.51. The number of carbonyl (C=O) groups is 2. The van der Waals surface area contributed by atoms with Crippen LogP contribution in [0.3, 0.4) is 0 Å². The number of amides is 2. The SMILES string of the molecule is CC(C)C[C@H](CCC(=O)NC(C)C)C(=O)NC(C)C. The summed E-state index contributed by atoms with van der Waals surface area (Å²) in [6.45, 7) is 12.0. The Hall–Kier alpha value is -1.06. The summed E-state index contributed by atoms with van der Waals surface area (Å²) >= 11 is 0. The highest BCUT2D eigenvalue weighted by Gasteiger charge is 2.21. The van der Waals surface area contributed by atoms with E-state index >= 15 is 0 Å². The van der Waals surface area contributed by atoms with Gasteiger partial charge >= 0.3 is 0 Å². The lowest BCUT2D eigenvalue weighted by Crippen LogP contribution is -2.37. The van der Waals surface area contributed by atoms with Gasteiger partial charge in [0.15, 0.2) is 0 Å². The highest BCUT2D eigenvalue weighted by Crippen LogP contribution is 2.18. The average molecular weight is 270 g/mol. The Morgan fingerprint density at radius 1 is 0.895 bits per heavy atom. The molecule has 112 valence electrons. The highest BCUT2D eigenvalue weighted by molar-refractivity contribution is 5.80. The van der Waals surface area contributed by atoms with Crippen molar-refractivity contribution in [3.8, 4) is 0 Å². The van der Waals surface area contributed by atoms with E-state index in [1.165, 1.54) is 0 Å². The first-order chi connectivity index (χ1) is 8.72. The standard InChI is InChI=1S/C15H30N2O2/c1-10(2)9-13(15(19)17-12(5)6)7-8-14(18)16-11(3)4/h10-13H,7-9H2,1-6H3,(H,16,18)(H,17,19)/t13-/m0/s1. The second kappa shape index (κ2) is 8.94. The summed E-state index contributed by atoms with van der Waals surface area (Å²) in [6, 6.07) is 0.298. The van der Waals surface area contributed by atoms with Crippen molar-refractivity contribution in [1.29, 1.82) is 0 Å². The summed E-state index contributed by atoms with van der Waals surface area (Å²) in [7, 11) is 0. The largest absolute Gasteiger partial charge is 0.354 e. The van der Waals surface area contributed by atoms with Crippen LogP contribution < -0.4 is 10.6 Å². The molecule has 0 aliphatic carbocycles. The molecule has 0 unspecified atom stereocenters. The number of nitrogens with one attached hydrogen (secondary N) is 2. The van der Waals surface area contributed by atoms with E-state index in [9.17, 15) is 9.59 Å². The first-order valence-electron chi connectivity index (χ1n) is 7.32. The van der Waals surface area contributed by atoms with Gasteiger partial charge in [0.2, 0.25) is 11.8 Å². The molecule has 0 aliphatic heterocycles. The molecule has 0 aromatic rings. The topological polar surface area (TPSA) is 58.2 Å². The molecule has 2 amide bonds. The lowest BCUT2D eigenvalue weighted by Gasteiger charge is -2.20. The fourth-order valence-corrected chi connectivity index (χ4v) is 2.03. The Labute approximate surface area is 117 Å². The Balaban J connectivity index is 4.35. The fourth-order valence-electron chi connectivity index (χ4n) is 2.03. The van der Waals surface area contributed by atoms with Crippen LogP contribution in [0.25, 0.3) is 0 Å². The number of hydrogen-bond acceptors (Lipinski definition) is 2. The van der Waals surface area contributed by atoms with Gasteiger partial charge in [0.05, 0.1) is 0 Å². The van der Waals surface area contributed by atoms with Crippen molar-refractivity contribution in [3.63, 3.8) is 0 Å². The van der Waals surface area contributed by atoms with E-state index in [4.69, 9.17) is 0 Å². The van der Waals surface area contributed by atoms with Crippen LogP contribution in [0.5, 0.6) is 0 Å². The van der Waals surface area contributed by atoms with Gasteiger partial charge in [0, 0.05) is 24.4 Å². The highest BCUT2D eigenvalue weighted by atomic mass is 16.2. The van der Waals surface area contributed by atoms with Crippen LogP contribution in [0.4, 0.5) is 0 Å². The molecule has 0 rings (SSSR count). The van der Waals surface area contributed by atoms with Crippen LogP contribution in [0.1, 0.15) is 60.8 Å². The molecule has 0 aromatic carbocycles. The van der Waals surface area contributed by atoms with Gasteiger partial charge in [0.25, 0.3) is 0 Å². The van der Waals surface area contributed by atoms with Gasteiger partial charge in [-0.05, 0) is 46.5 Å². The van der Waals surface area contributed by atoms with Crippen LogP contribution in [0.15, 0.2) is 0 Å². The second-order valence-corrected chi connectivity index (χ2v) is 6.25. The van der Waals surface area contributed by atoms with Crippen LogP contribution in [-0.2, 0) is 9.59 Å². The van der Waals surface area contributed by atoms with E-state index in [1.54, 1.807) is 0 Å². The molecule has 2 N–H and O–H groups in total. The summed E-state index contributed by atoms with van der Waals surface area (Å²) in [6.07, 6.45) is 1.86. The first kappa shape index (κ1) is 17.9. The third-order valence-electron chi connectivity index (χ3n) is 2.73. The normalized spacial score (nSPS) is 12.9. The minimum Gasteiger partial charge on any atom is -0.354 e. The molecule has 0 saturated carbocycles. The number of carbonyl (C=O) groups excluding carboxylic acids is 2. The summed E-state index contributed by atoms with van der Waals surface area (Å²) < 4.78 is 0. The zero-order chi connectivity index (χ0) is 15.0. The molecule has 19 heavy (non-hydrogen) atoms. The molecule has 0 heterocycles. The average Bonchev–Trinajstić information content (AvgIpc) is 2.21. The predicted molar refractivity (Wildman–Crippen MR) is 78.7 cm³/mol. The second-order valence-electron chi connectivity index (χ2n) is 6.25. The first-order valence-corrected chi connectivity index (χ1v) is 7.32. The van der Waals surface area contributed by atoms with Crippen molar-refractivity contribution in [2.75, 3.05) is 0 Å². The number of rotatable bonds is 8. The van der Waals surface area contributed by atoms with Crippen molar-refractivity contribution in [3.05, 3.63) is 0 Å². The monoisotopic (exact) mass is 270 g/mol. The molecule has 0 radical (unpaired) electrons. The van der Waals surface area contributed by atoms with Gasteiger partial charge in [-0.1, -0.05) is 13.8 Å². The van der Waals surface area contributed by atoms with E-state index in [0.717, 1.165) is 6.42 Å². The summed E-state index contributed by atoms with van der Waals surface area (Å²) in [5, 5.41) is 5.80. The van der Waals surface area contributed by atoms with Crippen LogP contribution in [0.2, 0.25) is 0 Å². The minimum absolute atomic E-state index is 0.0288. The quantitative estimate of drug-likeness (QED) is 0.712. The fraction of sp³-hybridized carbons (Fsp3) is 0.867. The lowest BCUT2D eigenvalue weighted by atomic mass is 9.91. The Kier molecular flexibility index (Phi) is 8.44. The van der Waals surface area contributed by atoms with Gasteiger partial charge in [-0.15, -0.1) is 0 Å². The zero-order valence-corrected chi connectivity index (χ0v) is 13.2. The smallest absolute Gasteiger partial charge is 0.223 e. The van der Waals surface area contributed by atoms with Crippen molar-refractivity contribution >= 4 is 11.8 Å². The Morgan fingerprint density at radius 3 is 1.84 bits per heavy atom. The zero-order valence-electron chi connectivity index (χ0n) is 13.2. The van der Waals surface area contributed by atoms with Crippen molar-refractivity contribution < 1.29 is 9.59 Å². The number of hydrogen-bond donors (Lipinski definition) is 2. The molecule has 0 saturated heterocycles. The molecular weight excluding hydrogens is 240 g/mol. The molecule has 4 heteroatoms. The summed E-state index contributed by atoms with van der Waals surface area (Å²) in [5.41, 5.74) is 0. The van der Waals surface area contributed by atoms with Gasteiger partial charge in [-0.3, -0.25) is 9.59 Å². The summed E-state index contributed by atoms with van der Waals surface area (Å²) in [5.74, 6) is 0.485. The van der Waals surface area contributed by atoms with Gasteiger partial charge < -0.3 is 10.6 Å². The molecule has 0 spiro atoms. The third-order valence-corrected chi connectivity index (χ3v) is 2.73. The summed E-state index contributed by atoms with van der Waals surface area (Å²) in [4.78, 5) is 23.7. The Morgan fingerprint density at radius 2 is 1.42 bits per heavy atom. The van der Waals surface area contributed by atoms with E-state index in [2.05, 4.69) is 24.5 Å². The van der Waals surface area contributed by atoms with E-state index in [-0.39, 0.29) is 29.8 Å². The maximum atomic E-state index is 12.1. The van der Waals surface area contributed by atoms with Crippen molar-refractivity contribution in [1.82, 2.24) is 10.6 Å². The van der Waals surface area contributed by atoms with Gasteiger partial charge in [-0.2, -0.15) is 0 Å². The van der Waals surface area contributed by atoms with Crippen LogP contribution in [0, 0.1) is 11.8 Å². The molecular formula is C15H30N2O2. The predicted octanol–water partition coefficient (Wildman–Crippen LogP) is 2.48.